The van der Waals surface area contributed by atoms with Gasteiger partial charge in [0.2, 0.25) is 0 Å². The third-order valence-electron chi connectivity index (χ3n) is 2.95. The summed E-state index contributed by atoms with van der Waals surface area (Å²) in [6, 6.07) is 0. The smallest absolute Gasteiger partial charge is 0.331 e. The van der Waals surface area contributed by atoms with Crippen LogP contribution in [0.2, 0.25) is 0 Å². The van der Waals surface area contributed by atoms with E-state index in [1.165, 1.54) is 7.11 Å². The van der Waals surface area contributed by atoms with E-state index in [-0.39, 0.29) is 6.61 Å². The maximum absolute atomic E-state index is 10.8. The maximum Gasteiger partial charge on any atom is 0.331 e. The number of ether oxygens (including phenoxy) is 7. The van der Waals surface area contributed by atoms with Gasteiger partial charge >= 0.3 is 5.97 Å². The predicted octanol–water partition coefficient (Wildman–Crippen LogP) is 1.06. The van der Waals surface area contributed by atoms with E-state index in [0.717, 1.165) is 19.4 Å². The van der Waals surface area contributed by atoms with E-state index in [4.69, 9.17) is 28.4 Å². The average Bonchev–Trinajstić information content (AvgIpc) is 2.63. The Morgan fingerprint density at radius 1 is 0.600 bits per heavy atom. The van der Waals surface area contributed by atoms with E-state index in [0.29, 0.717) is 66.1 Å². The Balaban J connectivity index is 2.99. The van der Waals surface area contributed by atoms with Gasteiger partial charge in [0.1, 0.15) is 6.61 Å². The minimum absolute atomic E-state index is 0.0523. The number of carbonyl (C=O) groups excluding carboxylic acids is 1. The zero-order chi connectivity index (χ0) is 18.4. The summed E-state index contributed by atoms with van der Waals surface area (Å²) >= 11 is 0. The fourth-order valence-electron chi connectivity index (χ4n) is 1.56. The second-order valence-electron chi connectivity index (χ2n) is 5.04. The molecular formula is C17H34O8. The zero-order valence-electron chi connectivity index (χ0n) is 15.7. The molecule has 0 spiro atoms. The van der Waals surface area contributed by atoms with Gasteiger partial charge in [-0.3, -0.25) is 0 Å². The molecule has 8 nitrogen and oxygen atoms in total. The monoisotopic (exact) mass is 366 g/mol. The molecule has 25 heavy (non-hydrogen) atoms. The summed E-state index contributed by atoms with van der Waals surface area (Å²) in [6.45, 7) is 8.01. The zero-order valence-corrected chi connectivity index (χ0v) is 15.7. The van der Waals surface area contributed by atoms with E-state index >= 15 is 0 Å². The van der Waals surface area contributed by atoms with Gasteiger partial charge in [-0.1, -0.05) is 13.3 Å². The molecule has 0 radical (unpaired) electrons. The fourth-order valence-corrected chi connectivity index (χ4v) is 1.56. The first-order valence-corrected chi connectivity index (χ1v) is 8.84. The van der Waals surface area contributed by atoms with Gasteiger partial charge in [0.25, 0.3) is 0 Å². The predicted molar refractivity (Wildman–Crippen MR) is 91.8 cm³/mol. The van der Waals surface area contributed by atoms with E-state index < -0.39 is 5.97 Å². The van der Waals surface area contributed by atoms with E-state index in [9.17, 15) is 4.79 Å². The molecule has 0 saturated carbocycles. The maximum atomic E-state index is 10.8. The van der Waals surface area contributed by atoms with Crippen LogP contribution in [0.15, 0.2) is 0 Å². The minimum Gasteiger partial charge on any atom is -0.467 e. The molecule has 0 aliphatic heterocycles. The topological polar surface area (TPSA) is 81.7 Å². The Bertz CT molecular complexity index is 275. The van der Waals surface area contributed by atoms with Crippen LogP contribution in [-0.2, 0) is 38.0 Å². The molecule has 0 aliphatic carbocycles. The van der Waals surface area contributed by atoms with Crippen LogP contribution in [0.25, 0.3) is 0 Å². The Morgan fingerprint density at radius 2 is 0.960 bits per heavy atom. The van der Waals surface area contributed by atoms with Gasteiger partial charge < -0.3 is 33.2 Å². The van der Waals surface area contributed by atoms with Crippen molar-refractivity contribution in [3.63, 3.8) is 0 Å². The molecule has 0 fully saturated rings. The molecule has 0 saturated heterocycles. The van der Waals surface area contributed by atoms with Crippen molar-refractivity contribution in [1.29, 1.82) is 0 Å². The first kappa shape index (κ1) is 24.2. The van der Waals surface area contributed by atoms with Crippen molar-refractivity contribution in [2.75, 3.05) is 86.4 Å². The number of hydrogen-bond acceptors (Lipinski definition) is 8. The molecule has 0 aromatic carbocycles. The first-order valence-electron chi connectivity index (χ1n) is 8.84. The van der Waals surface area contributed by atoms with Gasteiger partial charge in [0.05, 0.1) is 73.2 Å². The fraction of sp³-hybridized carbons (Fsp3) is 0.941. The van der Waals surface area contributed by atoms with Crippen molar-refractivity contribution in [1.82, 2.24) is 0 Å². The summed E-state index contributed by atoms with van der Waals surface area (Å²) in [4.78, 5) is 10.8. The number of unbranched alkanes of at least 4 members (excludes halogenated alkanes) is 1. The van der Waals surface area contributed by atoms with Crippen LogP contribution in [-0.4, -0.2) is 92.4 Å². The van der Waals surface area contributed by atoms with E-state index in [2.05, 4.69) is 11.7 Å². The Hall–Kier alpha value is -0.770. The highest BCUT2D eigenvalue weighted by molar-refractivity contribution is 5.70. The van der Waals surface area contributed by atoms with Crippen LogP contribution in [0.1, 0.15) is 19.8 Å². The molecule has 0 aliphatic rings. The standard InChI is InChI=1S/C17H34O8/c1-3-4-5-20-6-7-21-8-9-22-10-11-23-12-13-24-14-15-25-16-17(18)19-2/h3-16H2,1-2H3. The number of rotatable bonds is 20. The lowest BCUT2D eigenvalue weighted by Gasteiger charge is -2.08. The van der Waals surface area contributed by atoms with Crippen molar-refractivity contribution in [3.8, 4) is 0 Å². The molecule has 150 valence electrons. The van der Waals surface area contributed by atoms with Gasteiger partial charge in [-0.2, -0.15) is 0 Å². The third kappa shape index (κ3) is 21.2. The molecule has 0 aromatic heterocycles. The lowest BCUT2D eigenvalue weighted by molar-refractivity contribution is -0.146. The SMILES string of the molecule is CCCCOCCOCCOCCOCCOCCOCC(=O)OC. The molecule has 0 bridgehead atoms. The van der Waals surface area contributed by atoms with Crippen molar-refractivity contribution in [2.45, 2.75) is 19.8 Å². The molecule has 8 heteroatoms. The molecule has 0 rings (SSSR count). The Kier molecular flexibility index (Phi) is 20.6. The van der Waals surface area contributed by atoms with Crippen LogP contribution in [0.3, 0.4) is 0 Å². The van der Waals surface area contributed by atoms with Gasteiger partial charge in [-0.05, 0) is 6.42 Å². The molecule has 0 N–H and O–H groups in total. The van der Waals surface area contributed by atoms with E-state index in [1.807, 2.05) is 0 Å². The average molecular weight is 366 g/mol. The lowest BCUT2D eigenvalue weighted by Crippen LogP contribution is -2.15. The van der Waals surface area contributed by atoms with Gasteiger partial charge in [0, 0.05) is 6.61 Å². The lowest BCUT2D eigenvalue weighted by atomic mass is 10.4. The van der Waals surface area contributed by atoms with Gasteiger partial charge in [-0.15, -0.1) is 0 Å². The summed E-state index contributed by atoms with van der Waals surface area (Å²) < 4.78 is 36.2. The normalized spacial score (nSPS) is 11.0. The first-order chi connectivity index (χ1) is 12.3. The molecule has 0 amide bonds. The highest BCUT2D eigenvalue weighted by Gasteiger charge is 1.98. The van der Waals surface area contributed by atoms with Crippen LogP contribution in [0, 0.1) is 0 Å². The van der Waals surface area contributed by atoms with Gasteiger partial charge in [0.15, 0.2) is 0 Å². The highest BCUT2D eigenvalue weighted by Crippen LogP contribution is 1.88. The largest absolute Gasteiger partial charge is 0.467 e. The summed E-state index contributed by atoms with van der Waals surface area (Å²) in [6.07, 6.45) is 2.24. The third-order valence-corrected chi connectivity index (χ3v) is 2.95. The number of hydrogen-bond donors (Lipinski definition) is 0. The van der Waals surface area contributed by atoms with Gasteiger partial charge in [-0.25, -0.2) is 4.79 Å². The molecule has 0 atom stereocenters. The van der Waals surface area contributed by atoms with Crippen LogP contribution in [0.4, 0.5) is 0 Å². The summed E-state index contributed by atoms with van der Waals surface area (Å²) in [5, 5.41) is 0. The molecule has 0 heterocycles. The summed E-state index contributed by atoms with van der Waals surface area (Å²) in [5.74, 6) is -0.394. The second kappa shape index (κ2) is 21.3. The van der Waals surface area contributed by atoms with Crippen molar-refractivity contribution < 1.29 is 38.0 Å². The van der Waals surface area contributed by atoms with Crippen molar-refractivity contribution >= 4 is 5.97 Å². The number of esters is 1. The number of carbonyl (C=O) groups is 1. The summed E-state index contributed by atoms with van der Waals surface area (Å²) in [7, 11) is 1.32. The summed E-state index contributed by atoms with van der Waals surface area (Å²) in [5.41, 5.74) is 0. The second-order valence-corrected chi connectivity index (χ2v) is 5.04. The van der Waals surface area contributed by atoms with Crippen LogP contribution in [0.5, 0.6) is 0 Å². The van der Waals surface area contributed by atoms with Crippen molar-refractivity contribution in [2.24, 2.45) is 0 Å². The molecule has 0 aromatic rings. The van der Waals surface area contributed by atoms with Crippen LogP contribution < -0.4 is 0 Å². The van der Waals surface area contributed by atoms with Crippen LogP contribution >= 0.6 is 0 Å². The van der Waals surface area contributed by atoms with E-state index in [1.54, 1.807) is 0 Å². The number of methoxy groups -OCH3 is 1. The molecule has 0 unspecified atom stereocenters. The Morgan fingerprint density at radius 3 is 1.32 bits per heavy atom. The Labute approximate surface area is 151 Å². The molecular weight excluding hydrogens is 332 g/mol. The minimum atomic E-state index is -0.394. The highest BCUT2D eigenvalue weighted by atomic mass is 16.6. The van der Waals surface area contributed by atoms with Crippen molar-refractivity contribution in [3.05, 3.63) is 0 Å². The quantitative estimate of drug-likeness (QED) is 0.234.